The molecule has 134 valence electrons. The highest BCUT2D eigenvalue weighted by atomic mass is 16.3. The van der Waals surface area contributed by atoms with E-state index in [1.165, 1.54) is 0 Å². The van der Waals surface area contributed by atoms with Crippen LogP contribution in [0.5, 0.6) is 0 Å². The molecule has 0 amide bonds. The van der Waals surface area contributed by atoms with Gasteiger partial charge in [-0.05, 0) is 29.3 Å². The number of hydrogen-bond donors (Lipinski definition) is 1. The fraction of sp³-hybridized carbons (Fsp3) is 0.0909. The second kappa shape index (κ2) is 7.43. The first kappa shape index (κ1) is 17.0. The van der Waals surface area contributed by atoms with Gasteiger partial charge in [0.25, 0.3) is 5.56 Å². The molecule has 0 radical (unpaired) electrons. The summed E-state index contributed by atoms with van der Waals surface area (Å²) in [6.45, 7) is 0.462. The normalized spacial score (nSPS) is 12.0. The molecule has 1 unspecified atom stereocenters. The van der Waals surface area contributed by atoms with Gasteiger partial charge in [-0.2, -0.15) is 0 Å². The summed E-state index contributed by atoms with van der Waals surface area (Å²) in [4.78, 5) is 16.7. The average Bonchev–Trinajstić information content (AvgIpc) is 3.17. The topological polar surface area (TPSA) is 60.1 Å². The van der Waals surface area contributed by atoms with Gasteiger partial charge in [0.1, 0.15) is 6.10 Å². The molecule has 0 aliphatic heterocycles. The maximum atomic E-state index is 12.5. The van der Waals surface area contributed by atoms with Gasteiger partial charge in [-0.3, -0.25) is 9.36 Å². The molecule has 2 aromatic carbocycles. The molecule has 0 spiro atoms. The number of nitrogens with zero attached hydrogens (tertiary/aromatic N) is 3. The van der Waals surface area contributed by atoms with E-state index in [-0.39, 0.29) is 5.56 Å². The molecule has 0 fully saturated rings. The van der Waals surface area contributed by atoms with Crippen LogP contribution in [-0.2, 0) is 6.54 Å². The number of rotatable bonds is 5. The van der Waals surface area contributed by atoms with Gasteiger partial charge in [-0.15, -0.1) is 0 Å². The second-order valence-corrected chi connectivity index (χ2v) is 6.34. The van der Waals surface area contributed by atoms with Crippen molar-refractivity contribution in [2.45, 2.75) is 12.6 Å². The average molecular weight is 357 g/mol. The van der Waals surface area contributed by atoms with E-state index < -0.39 is 6.10 Å². The molecule has 4 aromatic rings. The van der Waals surface area contributed by atoms with Crippen LogP contribution < -0.4 is 5.56 Å². The summed E-state index contributed by atoms with van der Waals surface area (Å²) in [5, 5.41) is 10.7. The van der Waals surface area contributed by atoms with Crippen LogP contribution >= 0.6 is 0 Å². The summed E-state index contributed by atoms with van der Waals surface area (Å²) in [7, 11) is 0. The molecular formula is C22H19N3O2. The molecule has 2 heterocycles. The Kier molecular flexibility index (Phi) is 4.68. The fourth-order valence-electron chi connectivity index (χ4n) is 3.11. The minimum Gasteiger partial charge on any atom is -0.382 e. The molecule has 27 heavy (non-hydrogen) atoms. The Bertz CT molecular complexity index is 1090. The van der Waals surface area contributed by atoms with Crippen LogP contribution in [0, 0.1) is 0 Å². The van der Waals surface area contributed by atoms with Crippen LogP contribution in [0.1, 0.15) is 22.9 Å². The Morgan fingerprint density at radius 2 is 1.67 bits per heavy atom. The van der Waals surface area contributed by atoms with Gasteiger partial charge in [-0.1, -0.05) is 48.5 Å². The first-order chi connectivity index (χ1) is 13.2. The number of pyridine rings is 1. The van der Waals surface area contributed by atoms with E-state index in [1.807, 2.05) is 71.3 Å². The highest BCUT2D eigenvalue weighted by molar-refractivity contribution is 5.32. The van der Waals surface area contributed by atoms with E-state index in [1.54, 1.807) is 29.4 Å². The van der Waals surface area contributed by atoms with E-state index >= 15 is 0 Å². The molecule has 1 N–H and O–H groups in total. The van der Waals surface area contributed by atoms with Crippen LogP contribution in [0.3, 0.4) is 0 Å². The molecule has 5 nitrogen and oxygen atoms in total. The third-order valence-electron chi connectivity index (χ3n) is 4.51. The van der Waals surface area contributed by atoms with Crippen molar-refractivity contribution < 1.29 is 5.11 Å². The SMILES string of the molecule is O=c1cc(Cn2cncc2C(O)c2ccccc2)ccn1-c1ccccc1. The third kappa shape index (κ3) is 3.59. The quantitative estimate of drug-likeness (QED) is 0.597. The van der Waals surface area contributed by atoms with Crippen LogP contribution in [0.25, 0.3) is 5.69 Å². The monoisotopic (exact) mass is 357 g/mol. The van der Waals surface area contributed by atoms with Crippen molar-refractivity contribution >= 4 is 0 Å². The summed E-state index contributed by atoms with van der Waals surface area (Å²) in [5.41, 5.74) is 3.08. The molecule has 2 aromatic heterocycles. The lowest BCUT2D eigenvalue weighted by Crippen LogP contribution is -2.18. The summed E-state index contributed by atoms with van der Waals surface area (Å²) < 4.78 is 3.47. The fourth-order valence-corrected chi connectivity index (χ4v) is 3.11. The predicted octanol–water partition coefficient (Wildman–Crippen LogP) is 3.16. The summed E-state index contributed by atoms with van der Waals surface area (Å²) in [6.07, 6.45) is 4.34. The van der Waals surface area contributed by atoms with E-state index in [9.17, 15) is 9.90 Å². The van der Waals surface area contributed by atoms with Gasteiger partial charge in [-0.25, -0.2) is 4.98 Å². The number of imidazole rings is 1. The zero-order valence-corrected chi connectivity index (χ0v) is 14.6. The minimum absolute atomic E-state index is 0.0935. The van der Waals surface area contributed by atoms with Crippen molar-refractivity contribution in [3.05, 3.63) is 119 Å². The number of para-hydroxylation sites is 1. The van der Waals surface area contributed by atoms with Crippen LogP contribution in [0.15, 0.2) is 96.3 Å². The van der Waals surface area contributed by atoms with E-state index in [0.717, 1.165) is 16.8 Å². The first-order valence-corrected chi connectivity index (χ1v) is 8.72. The Morgan fingerprint density at radius 3 is 2.37 bits per heavy atom. The number of aromatic nitrogens is 3. The summed E-state index contributed by atoms with van der Waals surface area (Å²) >= 11 is 0. The van der Waals surface area contributed by atoms with Crippen LogP contribution in [0.2, 0.25) is 0 Å². The standard InChI is InChI=1S/C22H19N3O2/c26-21-13-17(11-12-25(21)19-9-5-2-6-10-19)15-24-16-23-14-20(24)22(27)18-7-3-1-4-8-18/h1-14,16,22,27H,15H2. The number of aliphatic hydroxyl groups excluding tert-OH is 1. The molecular weight excluding hydrogens is 338 g/mol. The highest BCUT2D eigenvalue weighted by Crippen LogP contribution is 2.22. The van der Waals surface area contributed by atoms with Crippen molar-refractivity contribution in [2.75, 3.05) is 0 Å². The molecule has 0 saturated carbocycles. The molecule has 1 atom stereocenters. The van der Waals surface area contributed by atoms with Gasteiger partial charge in [0.15, 0.2) is 0 Å². The zero-order valence-electron chi connectivity index (χ0n) is 14.6. The molecule has 0 bridgehead atoms. The van der Waals surface area contributed by atoms with Gasteiger partial charge in [0.05, 0.1) is 18.2 Å². The summed E-state index contributed by atoms with van der Waals surface area (Å²) in [5.74, 6) is 0. The predicted molar refractivity (Wildman–Crippen MR) is 104 cm³/mol. The van der Waals surface area contributed by atoms with Crippen LogP contribution in [0.4, 0.5) is 0 Å². The Balaban J connectivity index is 1.60. The highest BCUT2D eigenvalue weighted by Gasteiger charge is 2.15. The van der Waals surface area contributed by atoms with E-state index in [0.29, 0.717) is 12.2 Å². The first-order valence-electron chi connectivity index (χ1n) is 8.72. The second-order valence-electron chi connectivity index (χ2n) is 6.34. The maximum Gasteiger partial charge on any atom is 0.255 e. The maximum absolute atomic E-state index is 12.5. The van der Waals surface area contributed by atoms with Gasteiger partial charge in [0.2, 0.25) is 0 Å². The molecule has 0 aliphatic carbocycles. The number of hydrogen-bond acceptors (Lipinski definition) is 3. The van der Waals surface area contributed by atoms with Gasteiger partial charge in [0, 0.05) is 24.5 Å². The van der Waals surface area contributed by atoms with E-state index in [4.69, 9.17) is 0 Å². The van der Waals surface area contributed by atoms with E-state index in [2.05, 4.69) is 4.98 Å². The molecule has 4 rings (SSSR count). The van der Waals surface area contributed by atoms with Crippen molar-refractivity contribution in [1.82, 2.24) is 14.1 Å². The smallest absolute Gasteiger partial charge is 0.255 e. The van der Waals surface area contributed by atoms with Gasteiger partial charge >= 0.3 is 0 Å². The third-order valence-corrected chi connectivity index (χ3v) is 4.51. The number of benzene rings is 2. The molecule has 0 saturated heterocycles. The zero-order chi connectivity index (χ0) is 18.6. The Labute approximate surface area is 156 Å². The minimum atomic E-state index is -0.765. The van der Waals surface area contributed by atoms with Crippen molar-refractivity contribution in [1.29, 1.82) is 0 Å². The van der Waals surface area contributed by atoms with Crippen molar-refractivity contribution in [2.24, 2.45) is 0 Å². The Hall–Kier alpha value is -3.44. The lowest BCUT2D eigenvalue weighted by atomic mass is 10.1. The molecule has 5 heteroatoms. The van der Waals surface area contributed by atoms with Gasteiger partial charge < -0.3 is 9.67 Å². The van der Waals surface area contributed by atoms with Crippen LogP contribution in [-0.4, -0.2) is 19.2 Å². The van der Waals surface area contributed by atoms with Crippen molar-refractivity contribution in [3.8, 4) is 5.69 Å². The lowest BCUT2D eigenvalue weighted by molar-refractivity contribution is 0.210. The number of aliphatic hydroxyl groups is 1. The largest absolute Gasteiger partial charge is 0.382 e. The Morgan fingerprint density at radius 1 is 0.963 bits per heavy atom. The molecule has 0 aliphatic rings. The lowest BCUT2D eigenvalue weighted by Gasteiger charge is -2.14. The summed E-state index contributed by atoms with van der Waals surface area (Å²) in [6, 6.07) is 22.5. The van der Waals surface area contributed by atoms with Crippen molar-refractivity contribution in [3.63, 3.8) is 0 Å².